The van der Waals surface area contributed by atoms with Crippen LogP contribution in [-0.4, -0.2) is 0 Å². The van der Waals surface area contributed by atoms with E-state index in [1.807, 2.05) is 109 Å². The van der Waals surface area contributed by atoms with Crippen LogP contribution in [0.5, 0.6) is 0 Å². The molecule has 0 aromatic heterocycles. The van der Waals surface area contributed by atoms with Crippen molar-refractivity contribution in [3.63, 3.8) is 0 Å². The van der Waals surface area contributed by atoms with E-state index in [4.69, 9.17) is 11.5 Å². The quantitative estimate of drug-likeness (QED) is 0.0993. The second-order valence-corrected chi connectivity index (χ2v) is 17.3. The van der Waals surface area contributed by atoms with Crippen molar-refractivity contribution in [1.82, 2.24) is 0 Å². The van der Waals surface area contributed by atoms with Crippen molar-refractivity contribution in [1.29, 1.82) is 0 Å². The lowest BCUT2D eigenvalue weighted by Crippen LogP contribution is -2.14. The van der Waals surface area contributed by atoms with Gasteiger partial charge in [-0.3, -0.25) is 0 Å². The number of nitrogen functional groups attached to an aromatic ring is 2. The average Bonchev–Trinajstić information content (AvgIpc) is 3.55. The number of para-hydroxylation sites is 6. The van der Waals surface area contributed by atoms with Crippen molar-refractivity contribution in [3.8, 4) is 33.4 Å². The highest BCUT2D eigenvalue weighted by molar-refractivity contribution is 6.22. The Morgan fingerprint density at radius 2 is 0.754 bits per heavy atom. The molecule has 0 fully saturated rings. The number of nitrogens with one attached hydrogen (secondary N) is 2. The summed E-state index contributed by atoms with van der Waals surface area (Å²) in [7, 11) is 0. The fourth-order valence-corrected chi connectivity index (χ4v) is 9.01. The molecule has 10 aromatic carbocycles. The van der Waals surface area contributed by atoms with Crippen LogP contribution in [0.2, 0.25) is 0 Å². The maximum absolute atomic E-state index is 5.81. The summed E-state index contributed by atoms with van der Waals surface area (Å²) >= 11 is 0. The van der Waals surface area contributed by atoms with Gasteiger partial charge in [-0.2, -0.15) is 0 Å². The number of rotatable bonds is 6. The number of nitrogens with two attached hydrogens (primary N) is 2. The number of hydrogen-bond acceptors (Lipinski definition) is 4. The molecular weight excluding hydrogens is 789 g/mol. The second kappa shape index (κ2) is 18.3. The molecule has 0 aliphatic heterocycles. The predicted octanol–water partition coefficient (Wildman–Crippen LogP) is 16.3. The van der Waals surface area contributed by atoms with E-state index in [9.17, 15) is 0 Å². The van der Waals surface area contributed by atoms with Gasteiger partial charge in [0.2, 0.25) is 0 Å². The van der Waals surface area contributed by atoms with E-state index in [2.05, 4.69) is 148 Å². The minimum absolute atomic E-state index is 0.0413. The van der Waals surface area contributed by atoms with Gasteiger partial charge in [0, 0.05) is 16.8 Å². The van der Waals surface area contributed by atoms with Gasteiger partial charge in [-0.15, -0.1) is 0 Å². The smallest absolute Gasteiger partial charge is 0.0617 e. The number of fused-ring (bicyclic) bond motifs is 5. The van der Waals surface area contributed by atoms with Crippen molar-refractivity contribution in [2.24, 2.45) is 0 Å². The van der Waals surface area contributed by atoms with Gasteiger partial charge in [-0.25, -0.2) is 0 Å². The lowest BCUT2D eigenvalue weighted by molar-refractivity contribution is 0.661. The zero-order chi connectivity index (χ0) is 44.9. The van der Waals surface area contributed by atoms with E-state index < -0.39 is 0 Å². The molecular formula is C61H54N4. The van der Waals surface area contributed by atoms with Crippen LogP contribution in [-0.2, 0) is 5.41 Å². The topological polar surface area (TPSA) is 76.1 Å². The molecule has 318 valence electrons. The van der Waals surface area contributed by atoms with Gasteiger partial charge in [0.15, 0.2) is 0 Å². The summed E-state index contributed by atoms with van der Waals surface area (Å²) in [6.45, 7) is 9.06. The molecule has 0 unspecified atom stereocenters. The molecule has 1 aliphatic carbocycles. The fraction of sp³-hybridized carbons (Fsp3) is 0.0820. The maximum atomic E-state index is 5.81. The van der Waals surface area contributed by atoms with Gasteiger partial charge in [0.05, 0.1) is 22.7 Å². The normalized spacial score (nSPS) is 11.9. The average molecular weight is 843 g/mol. The van der Waals surface area contributed by atoms with Gasteiger partial charge in [0.1, 0.15) is 0 Å². The van der Waals surface area contributed by atoms with Crippen LogP contribution in [0.15, 0.2) is 218 Å². The summed E-state index contributed by atoms with van der Waals surface area (Å²) in [5.41, 5.74) is 30.4. The van der Waals surface area contributed by atoms with Gasteiger partial charge < -0.3 is 22.1 Å². The first-order valence-corrected chi connectivity index (χ1v) is 22.3. The first kappa shape index (κ1) is 42.2. The first-order chi connectivity index (χ1) is 31.7. The predicted molar refractivity (Wildman–Crippen MR) is 281 cm³/mol. The minimum atomic E-state index is -0.0413. The van der Waals surface area contributed by atoms with Crippen molar-refractivity contribution < 1.29 is 0 Å². The van der Waals surface area contributed by atoms with Crippen molar-refractivity contribution in [2.45, 2.75) is 33.1 Å². The van der Waals surface area contributed by atoms with Crippen LogP contribution in [0.25, 0.3) is 54.9 Å². The summed E-state index contributed by atoms with van der Waals surface area (Å²) in [5, 5.41) is 11.8. The number of aryl methyl sites for hydroxylation is 2. The summed E-state index contributed by atoms with van der Waals surface area (Å²) in [6.07, 6.45) is 0. The van der Waals surface area contributed by atoms with Crippen LogP contribution < -0.4 is 22.1 Å². The van der Waals surface area contributed by atoms with Gasteiger partial charge in [-0.05, 0) is 141 Å². The highest BCUT2D eigenvalue weighted by Gasteiger charge is 2.36. The maximum Gasteiger partial charge on any atom is 0.0617 e. The molecule has 11 rings (SSSR count). The van der Waals surface area contributed by atoms with E-state index in [-0.39, 0.29) is 5.41 Å². The largest absolute Gasteiger partial charge is 0.397 e. The SMILES string of the molecule is Cc1ccc(-c2c3ccccc3c(-c3ccc(C)cc3)c3cc4c(cc23)-c2ccccc2C4(C)C)cc1.Nc1ccccc1Nc1ccccc1.Nc1ccccc1Nc1ccccc1. The van der Waals surface area contributed by atoms with Crippen molar-refractivity contribution in [3.05, 3.63) is 241 Å². The standard InChI is InChI=1S/C37H30.2C12H12N2/c1-23-13-17-25(18-14-23)35-28-10-5-6-11-29(28)36(26-19-15-24(2)16-20-26)32-22-34-30(21-31(32)35)27-9-7-8-12-33(27)37(34,3)4;2*13-11-8-4-5-9-12(11)14-10-6-2-1-3-7-10/h5-22H,1-4H3;2*1-9,14H,13H2. The van der Waals surface area contributed by atoms with Gasteiger partial charge in [-0.1, -0.05) is 183 Å². The Kier molecular flexibility index (Phi) is 11.9. The van der Waals surface area contributed by atoms with E-state index >= 15 is 0 Å². The summed E-state index contributed by atoms with van der Waals surface area (Å²) in [5.74, 6) is 0. The molecule has 4 nitrogen and oxygen atoms in total. The molecule has 0 atom stereocenters. The first-order valence-electron chi connectivity index (χ1n) is 22.3. The molecule has 6 N–H and O–H groups in total. The summed E-state index contributed by atoms with van der Waals surface area (Å²) in [6, 6.07) is 76.4. The fourth-order valence-electron chi connectivity index (χ4n) is 9.01. The molecule has 1 aliphatic rings. The Bertz CT molecular complexity index is 3160. The molecule has 65 heavy (non-hydrogen) atoms. The highest BCUT2D eigenvalue weighted by atomic mass is 14.9. The molecule has 0 saturated carbocycles. The zero-order valence-electron chi connectivity index (χ0n) is 37.4. The Balaban J connectivity index is 0.000000155. The van der Waals surface area contributed by atoms with Crippen LogP contribution in [0.1, 0.15) is 36.1 Å². The highest BCUT2D eigenvalue weighted by Crippen LogP contribution is 2.53. The number of hydrogen-bond donors (Lipinski definition) is 4. The number of benzene rings is 10. The minimum Gasteiger partial charge on any atom is -0.397 e. The van der Waals surface area contributed by atoms with E-state index in [1.54, 1.807) is 0 Å². The Morgan fingerprint density at radius 3 is 1.23 bits per heavy atom. The molecule has 0 bridgehead atoms. The van der Waals surface area contributed by atoms with E-state index in [0.717, 1.165) is 34.1 Å². The van der Waals surface area contributed by atoms with Gasteiger partial charge >= 0.3 is 0 Å². The van der Waals surface area contributed by atoms with Crippen LogP contribution in [0, 0.1) is 13.8 Å². The summed E-state index contributed by atoms with van der Waals surface area (Å²) in [4.78, 5) is 0. The molecule has 0 spiro atoms. The van der Waals surface area contributed by atoms with Crippen LogP contribution >= 0.6 is 0 Å². The molecule has 0 saturated heterocycles. The second-order valence-electron chi connectivity index (χ2n) is 17.3. The molecule has 0 amide bonds. The molecule has 4 heteroatoms. The lowest BCUT2D eigenvalue weighted by atomic mass is 9.79. The Morgan fingerprint density at radius 1 is 0.354 bits per heavy atom. The third-order valence-electron chi connectivity index (χ3n) is 12.4. The monoisotopic (exact) mass is 842 g/mol. The van der Waals surface area contributed by atoms with Gasteiger partial charge in [0.25, 0.3) is 0 Å². The molecule has 10 aromatic rings. The lowest BCUT2D eigenvalue weighted by Gasteiger charge is -2.24. The van der Waals surface area contributed by atoms with Crippen molar-refractivity contribution >= 4 is 55.7 Å². The third-order valence-corrected chi connectivity index (χ3v) is 12.4. The Hall–Kier alpha value is -8.08. The van der Waals surface area contributed by atoms with E-state index in [0.29, 0.717) is 0 Å². The Labute approximate surface area is 383 Å². The van der Waals surface area contributed by atoms with Crippen molar-refractivity contribution in [2.75, 3.05) is 22.1 Å². The van der Waals surface area contributed by atoms with Crippen LogP contribution in [0.3, 0.4) is 0 Å². The molecule has 0 heterocycles. The third kappa shape index (κ3) is 8.80. The van der Waals surface area contributed by atoms with E-state index in [1.165, 1.54) is 77.2 Å². The summed E-state index contributed by atoms with van der Waals surface area (Å²) < 4.78 is 0. The molecule has 0 radical (unpaired) electrons. The zero-order valence-corrected chi connectivity index (χ0v) is 37.4. The number of anilines is 6. The van der Waals surface area contributed by atoms with Crippen LogP contribution in [0.4, 0.5) is 34.1 Å².